The topological polar surface area (TPSA) is 12.5 Å². The van der Waals surface area contributed by atoms with Gasteiger partial charge >= 0.3 is 0 Å². The highest BCUT2D eigenvalue weighted by molar-refractivity contribution is 5.04. The van der Waals surface area contributed by atoms with Gasteiger partial charge in [0.15, 0.2) is 0 Å². The molecule has 0 aromatic carbocycles. The Hall–Kier alpha value is -0.780. The van der Waals surface area contributed by atoms with Gasteiger partial charge in [-0.1, -0.05) is 96.1 Å². The summed E-state index contributed by atoms with van der Waals surface area (Å²) in [4.78, 5) is 5.89. The van der Waals surface area contributed by atoms with Crippen molar-refractivity contribution in [3.05, 3.63) is 12.2 Å². The fourth-order valence-corrected chi connectivity index (χ4v) is 3.38. The second-order valence-electron chi connectivity index (χ2n) is 8.22. The summed E-state index contributed by atoms with van der Waals surface area (Å²) in [6.07, 6.45) is 26.5. The summed E-state index contributed by atoms with van der Waals surface area (Å²) >= 11 is 0. The van der Waals surface area contributed by atoms with Crippen LogP contribution in [0.25, 0.3) is 0 Å². The Kier molecular flexibility index (Phi) is 21.9. The smallest absolute Gasteiger partial charge is 0.0793 e. The first kappa shape index (κ1) is 27.2. The lowest BCUT2D eigenvalue weighted by atomic mass is 10.0. The highest BCUT2D eigenvalue weighted by Gasteiger charge is 2.09. The molecule has 0 saturated carbocycles. The van der Waals surface area contributed by atoms with E-state index in [9.17, 15) is 0 Å². The van der Waals surface area contributed by atoms with Gasteiger partial charge in [0.05, 0.1) is 6.10 Å². The third-order valence-corrected chi connectivity index (χ3v) is 5.05. The lowest BCUT2D eigenvalue weighted by Gasteiger charge is -2.21. The zero-order chi connectivity index (χ0) is 20.7. The van der Waals surface area contributed by atoms with Gasteiger partial charge in [0.25, 0.3) is 0 Å². The largest absolute Gasteiger partial charge is 0.296 e. The molecule has 0 spiro atoms. The molecule has 0 saturated heterocycles. The summed E-state index contributed by atoms with van der Waals surface area (Å²) in [6, 6.07) is 0. The average Bonchev–Trinajstić information content (AvgIpc) is 2.67. The van der Waals surface area contributed by atoms with Crippen molar-refractivity contribution in [2.75, 3.05) is 14.1 Å². The van der Waals surface area contributed by atoms with Gasteiger partial charge in [0, 0.05) is 26.9 Å². The number of hydroxylamine groups is 2. The van der Waals surface area contributed by atoms with E-state index in [0.29, 0.717) is 6.10 Å². The van der Waals surface area contributed by atoms with E-state index in [2.05, 4.69) is 37.8 Å². The molecule has 28 heavy (non-hydrogen) atoms. The van der Waals surface area contributed by atoms with Gasteiger partial charge < -0.3 is 0 Å². The molecule has 2 heteroatoms. The highest BCUT2D eigenvalue weighted by atomic mass is 16.7. The first-order valence-corrected chi connectivity index (χ1v) is 12.2. The third-order valence-electron chi connectivity index (χ3n) is 5.05. The maximum Gasteiger partial charge on any atom is 0.0793 e. The average molecular weight is 392 g/mol. The number of allylic oxidation sites excluding steroid dienone is 2. The Labute approximate surface area is 177 Å². The van der Waals surface area contributed by atoms with E-state index in [1.54, 1.807) is 0 Å². The summed E-state index contributed by atoms with van der Waals surface area (Å²) in [7, 11) is 3.99. The number of hydrogen-bond acceptors (Lipinski definition) is 2. The molecule has 164 valence electrons. The Bertz CT molecular complexity index is 391. The van der Waals surface area contributed by atoms with Crippen LogP contribution >= 0.6 is 0 Å². The normalized spacial score (nSPS) is 12.5. The number of unbranched alkanes of at least 4 members (excludes halogenated alkanes) is 11. The Morgan fingerprint density at radius 1 is 0.714 bits per heavy atom. The van der Waals surface area contributed by atoms with Crippen molar-refractivity contribution in [1.29, 1.82) is 0 Å². The maximum atomic E-state index is 5.89. The first-order chi connectivity index (χ1) is 13.7. The van der Waals surface area contributed by atoms with E-state index >= 15 is 0 Å². The van der Waals surface area contributed by atoms with E-state index in [1.807, 2.05) is 19.2 Å². The summed E-state index contributed by atoms with van der Waals surface area (Å²) in [6.45, 7) is 4.52. The zero-order valence-electron chi connectivity index (χ0n) is 19.6. The fourth-order valence-electron chi connectivity index (χ4n) is 3.38. The predicted octanol–water partition coefficient (Wildman–Crippen LogP) is 8.08. The van der Waals surface area contributed by atoms with Gasteiger partial charge in [-0.3, -0.25) is 4.84 Å². The Morgan fingerprint density at radius 3 is 2.07 bits per heavy atom. The molecule has 0 aliphatic rings. The van der Waals surface area contributed by atoms with E-state index < -0.39 is 0 Å². The van der Waals surface area contributed by atoms with Gasteiger partial charge in [-0.2, -0.15) is 5.06 Å². The van der Waals surface area contributed by atoms with Crippen molar-refractivity contribution in [2.24, 2.45) is 0 Å². The zero-order valence-corrected chi connectivity index (χ0v) is 19.6. The van der Waals surface area contributed by atoms with Crippen molar-refractivity contribution >= 4 is 0 Å². The fraction of sp³-hybridized carbons (Fsp3) is 0.846. The Morgan fingerprint density at radius 2 is 1.36 bits per heavy atom. The van der Waals surface area contributed by atoms with Crippen LogP contribution in [0.1, 0.15) is 123 Å². The molecule has 1 atom stereocenters. The number of nitrogens with zero attached hydrogens (tertiary/aromatic N) is 1. The van der Waals surface area contributed by atoms with Gasteiger partial charge in [-0.15, -0.1) is 5.92 Å². The molecule has 0 amide bonds. The quantitative estimate of drug-likeness (QED) is 0.0954. The van der Waals surface area contributed by atoms with Crippen LogP contribution in [0.3, 0.4) is 0 Å². The molecule has 0 aromatic rings. The molecule has 2 nitrogen and oxygen atoms in total. The molecule has 0 heterocycles. The molecule has 0 radical (unpaired) electrons. The highest BCUT2D eigenvalue weighted by Crippen LogP contribution is 2.15. The van der Waals surface area contributed by atoms with Crippen molar-refractivity contribution < 1.29 is 4.84 Å². The number of rotatable bonds is 19. The predicted molar refractivity (Wildman–Crippen MR) is 125 cm³/mol. The molecule has 0 bridgehead atoms. The lowest BCUT2D eigenvalue weighted by molar-refractivity contribution is -0.169. The van der Waals surface area contributed by atoms with E-state index in [0.717, 1.165) is 12.8 Å². The standard InChI is InChI=1S/C26H49NO/c1-5-7-9-10-11-12-13-14-15-16-17-18-19-20-21-22-23-25-26(24-8-6-2)28-27(3)4/h12-13,26H,5-11,14,17-25H2,1-4H3/b13-12-. The molecule has 0 fully saturated rings. The van der Waals surface area contributed by atoms with Gasteiger partial charge in [0.1, 0.15) is 0 Å². The van der Waals surface area contributed by atoms with Crippen LogP contribution in [0.2, 0.25) is 0 Å². The maximum absolute atomic E-state index is 5.89. The molecule has 0 aromatic heterocycles. The SMILES string of the molecule is CCCCCC/C=C\CC#CCCCCCCCCC(CCCC)ON(C)C. The third kappa shape index (κ3) is 21.5. The van der Waals surface area contributed by atoms with Crippen LogP contribution in [0.15, 0.2) is 12.2 Å². The van der Waals surface area contributed by atoms with Crippen LogP contribution < -0.4 is 0 Å². The molecule has 0 rings (SSSR count). The molecular weight excluding hydrogens is 342 g/mol. The van der Waals surface area contributed by atoms with Crippen LogP contribution in [-0.2, 0) is 4.84 Å². The van der Waals surface area contributed by atoms with Gasteiger partial charge in [-0.25, -0.2) is 0 Å². The van der Waals surface area contributed by atoms with Crippen molar-refractivity contribution in [2.45, 2.75) is 129 Å². The van der Waals surface area contributed by atoms with Crippen molar-refractivity contribution in [3.8, 4) is 11.8 Å². The van der Waals surface area contributed by atoms with Crippen LogP contribution in [0, 0.1) is 11.8 Å². The molecule has 0 aliphatic carbocycles. The molecular formula is C26H49NO. The lowest BCUT2D eigenvalue weighted by Crippen LogP contribution is -2.23. The second-order valence-corrected chi connectivity index (χ2v) is 8.22. The first-order valence-electron chi connectivity index (χ1n) is 12.2. The Balaban J connectivity index is 3.46. The summed E-state index contributed by atoms with van der Waals surface area (Å²) in [5.74, 6) is 6.62. The van der Waals surface area contributed by atoms with Crippen LogP contribution in [0.4, 0.5) is 0 Å². The second kappa shape index (κ2) is 22.5. The summed E-state index contributed by atoms with van der Waals surface area (Å²) in [5.41, 5.74) is 0. The minimum absolute atomic E-state index is 0.413. The summed E-state index contributed by atoms with van der Waals surface area (Å²) in [5, 5.41) is 1.87. The van der Waals surface area contributed by atoms with E-state index in [1.165, 1.54) is 96.3 Å². The minimum atomic E-state index is 0.413. The van der Waals surface area contributed by atoms with Crippen molar-refractivity contribution in [1.82, 2.24) is 5.06 Å². The van der Waals surface area contributed by atoms with E-state index in [-0.39, 0.29) is 0 Å². The summed E-state index contributed by atoms with van der Waals surface area (Å²) < 4.78 is 0. The monoisotopic (exact) mass is 391 g/mol. The van der Waals surface area contributed by atoms with Crippen LogP contribution in [-0.4, -0.2) is 25.3 Å². The number of hydrogen-bond donors (Lipinski definition) is 0. The van der Waals surface area contributed by atoms with Crippen LogP contribution in [0.5, 0.6) is 0 Å². The molecule has 0 aliphatic heterocycles. The molecule has 1 unspecified atom stereocenters. The minimum Gasteiger partial charge on any atom is -0.296 e. The van der Waals surface area contributed by atoms with E-state index in [4.69, 9.17) is 4.84 Å². The van der Waals surface area contributed by atoms with Gasteiger partial charge in [-0.05, 0) is 32.1 Å². The van der Waals surface area contributed by atoms with Crippen molar-refractivity contribution in [3.63, 3.8) is 0 Å². The van der Waals surface area contributed by atoms with Gasteiger partial charge in [0.2, 0.25) is 0 Å². The molecule has 0 N–H and O–H groups in total.